The van der Waals surface area contributed by atoms with E-state index < -0.39 is 11.9 Å². The monoisotopic (exact) mass is 620 g/mol. The van der Waals surface area contributed by atoms with E-state index >= 15 is 0 Å². The molecule has 2 aliphatic heterocycles. The number of thioether (sulfide) groups is 1. The van der Waals surface area contributed by atoms with Gasteiger partial charge in [-0.1, -0.05) is 57.1 Å². The maximum Gasteiger partial charge on any atom is 0.335 e. The summed E-state index contributed by atoms with van der Waals surface area (Å²) in [7, 11) is 3.15. The number of fused-ring (bicyclic) bond motifs is 2. The van der Waals surface area contributed by atoms with E-state index in [1.807, 2.05) is 38.1 Å². The smallest absolute Gasteiger partial charge is 0.335 e. The topological polar surface area (TPSA) is 112 Å². The lowest BCUT2D eigenvalue weighted by Gasteiger charge is -2.25. The Hall–Kier alpha value is -4.11. The summed E-state index contributed by atoms with van der Waals surface area (Å²) in [6, 6.07) is 7.42. The zero-order chi connectivity index (χ0) is 31.8. The number of carboxylic acids is 2. The third kappa shape index (κ3) is 6.99. The Morgan fingerprint density at radius 2 is 1.80 bits per heavy atom. The molecule has 0 saturated heterocycles. The van der Waals surface area contributed by atoms with Crippen LogP contribution >= 0.6 is 11.8 Å². The van der Waals surface area contributed by atoms with Gasteiger partial charge >= 0.3 is 11.9 Å². The van der Waals surface area contributed by atoms with Crippen molar-refractivity contribution in [3.8, 4) is 23.0 Å². The van der Waals surface area contributed by atoms with Crippen LogP contribution in [0.25, 0.3) is 6.08 Å². The lowest BCUT2D eigenvalue weighted by atomic mass is 9.81. The molecule has 0 bridgehead atoms. The molecule has 2 aromatic carbocycles. The van der Waals surface area contributed by atoms with Crippen LogP contribution in [0.1, 0.15) is 68.2 Å². The van der Waals surface area contributed by atoms with Gasteiger partial charge in [-0.3, -0.25) is 0 Å². The molecule has 0 radical (unpaired) electrons. The predicted molar refractivity (Wildman–Crippen MR) is 173 cm³/mol. The summed E-state index contributed by atoms with van der Waals surface area (Å²) in [6.07, 6.45) is 10.6. The second-order valence-corrected chi connectivity index (χ2v) is 11.4. The Labute approximate surface area is 263 Å². The fourth-order valence-electron chi connectivity index (χ4n) is 5.69. The lowest BCUT2D eigenvalue weighted by molar-refractivity contribution is -0.133. The molecule has 1 aliphatic carbocycles. The highest BCUT2D eigenvalue weighted by Gasteiger charge is 2.34. The average Bonchev–Trinajstić information content (AvgIpc) is 3.58. The molecule has 9 heteroatoms. The number of benzene rings is 2. The first-order chi connectivity index (χ1) is 21.3. The van der Waals surface area contributed by atoms with E-state index in [0.29, 0.717) is 35.0 Å². The fraction of sp³-hybridized carbons (Fsp3) is 0.371. The maximum atomic E-state index is 12.6. The zero-order valence-corrected chi connectivity index (χ0v) is 26.7. The van der Waals surface area contributed by atoms with Crippen LogP contribution in [0, 0.1) is 0 Å². The highest BCUT2D eigenvalue weighted by atomic mass is 32.2. The molecule has 0 fully saturated rings. The average molecular weight is 621 g/mol. The van der Waals surface area contributed by atoms with Crippen LogP contribution in [0.4, 0.5) is 0 Å². The van der Waals surface area contributed by atoms with E-state index in [4.69, 9.17) is 18.9 Å². The Balaban J connectivity index is 0.00000216. The molecule has 2 unspecified atom stereocenters. The summed E-state index contributed by atoms with van der Waals surface area (Å²) >= 11 is 1.60. The molecule has 5 rings (SSSR count). The third-order valence-electron chi connectivity index (χ3n) is 7.79. The molecule has 8 nitrogen and oxygen atoms in total. The molecule has 0 amide bonds. The van der Waals surface area contributed by atoms with E-state index in [0.717, 1.165) is 36.0 Å². The number of hydrogen-bond acceptors (Lipinski definition) is 7. The van der Waals surface area contributed by atoms with Gasteiger partial charge in [0, 0.05) is 40.4 Å². The van der Waals surface area contributed by atoms with Crippen molar-refractivity contribution >= 4 is 29.8 Å². The standard InChI is InChI=1S/C33H34O8S.C2H6/c1-4-5-7-20-17-42-30(15-22(33(36)37)12-21-14-28-29(41-18-40-28)16-27(21)39-3)31(20)24-10-11-26(38-2)23-9-6-8-19(32(34)35)13-25(23)24;1-2/h6,8,10-11,13-17,30-31H,4-5,7,9,12,18H2,1-3H3,(H,34,35)(H,36,37);1-2H3/b22-15+;. The number of unbranched alkanes of at least 4 members (excludes halogenated alkanes) is 1. The van der Waals surface area contributed by atoms with Crippen molar-refractivity contribution in [3.63, 3.8) is 0 Å². The molecule has 0 aromatic heterocycles. The van der Waals surface area contributed by atoms with Crippen molar-refractivity contribution in [1.82, 2.24) is 0 Å². The van der Waals surface area contributed by atoms with Gasteiger partial charge < -0.3 is 29.2 Å². The summed E-state index contributed by atoms with van der Waals surface area (Å²) in [5.41, 5.74) is 5.03. The van der Waals surface area contributed by atoms with Gasteiger partial charge in [-0.25, -0.2) is 9.59 Å². The van der Waals surface area contributed by atoms with Gasteiger partial charge in [0.15, 0.2) is 11.5 Å². The summed E-state index contributed by atoms with van der Waals surface area (Å²) in [4.78, 5) is 24.6. The van der Waals surface area contributed by atoms with E-state index in [9.17, 15) is 19.8 Å². The van der Waals surface area contributed by atoms with Crippen LogP contribution in [-0.2, 0) is 22.4 Å². The van der Waals surface area contributed by atoms with Gasteiger partial charge in [0.2, 0.25) is 6.79 Å². The first-order valence-corrected chi connectivity index (χ1v) is 15.8. The van der Waals surface area contributed by atoms with Crippen LogP contribution in [0.5, 0.6) is 23.0 Å². The van der Waals surface area contributed by atoms with Crippen molar-refractivity contribution in [2.75, 3.05) is 21.0 Å². The van der Waals surface area contributed by atoms with Crippen LogP contribution < -0.4 is 18.9 Å². The minimum Gasteiger partial charge on any atom is -0.496 e. The highest BCUT2D eigenvalue weighted by Crippen LogP contribution is 2.49. The minimum absolute atomic E-state index is 0.107. The molecule has 2 atom stereocenters. The molecule has 44 heavy (non-hydrogen) atoms. The number of hydrogen-bond donors (Lipinski definition) is 2. The first kappa shape index (κ1) is 32.8. The molecular formula is C35H40O8S. The zero-order valence-electron chi connectivity index (χ0n) is 25.8. The second kappa shape index (κ2) is 15.1. The molecule has 0 saturated carbocycles. The van der Waals surface area contributed by atoms with Crippen molar-refractivity contribution in [3.05, 3.63) is 86.9 Å². The minimum atomic E-state index is -1.01. The Morgan fingerprint density at radius 3 is 2.45 bits per heavy atom. The largest absolute Gasteiger partial charge is 0.496 e. The molecule has 3 aliphatic rings. The fourth-order valence-corrected chi connectivity index (χ4v) is 7.00. The van der Waals surface area contributed by atoms with Crippen LogP contribution in [-0.4, -0.2) is 48.4 Å². The maximum absolute atomic E-state index is 12.6. The van der Waals surface area contributed by atoms with Crippen LogP contribution in [0.15, 0.2) is 64.6 Å². The number of carboxylic acid groups (broad SMARTS) is 2. The lowest BCUT2D eigenvalue weighted by Crippen LogP contribution is -2.17. The Bertz CT molecular complexity index is 1520. The molecule has 2 N–H and O–H groups in total. The molecule has 234 valence electrons. The number of aliphatic carboxylic acids is 2. The Morgan fingerprint density at radius 1 is 1.07 bits per heavy atom. The number of rotatable bonds is 11. The predicted octanol–water partition coefficient (Wildman–Crippen LogP) is 7.57. The molecular weight excluding hydrogens is 580 g/mol. The summed E-state index contributed by atoms with van der Waals surface area (Å²) in [5.74, 6) is 0.194. The van der Waals surface area contributed by atoms with E-state index in [1.54, 1.807) is 50.3 Å². The first-order valence-electron chi connectivity index (χ1n) is 14.9. The van der Waals surface area contributed by atoms with E-state index in [-0.39, 0.29) is 35.5 Å². The number of ether oxygens (including phenoxy) is 4. The van der Waals surface area contributed by atoms with Crippen molar-refractivity contribution in [1.29, 1.82) is 0 Å². The van der Waals surface area contributed by atoms with E-state index in [2.05, 4.69) is 12.3 Å². The van der Waals surface area contributed by atoms with Gasteiger partial charge in [-0.2, -0.15) is 0 Å². The summed E-state index contributed by atoms with van der Waals surface area (Å²) in [5, 5.41) is 22.1. The quantitative estimate of drug-likeness (QED) is 0.246. The van der Waals surface area contributed by atoms with Crippen molar-refractivity contribution in [2.45, 2.75) is 64.0 Å². The Kier molecular flexibility index (Phi) is 11.2. The highest BCUT2D eigenvalue weighted by molar-refractivity contribution is 8.03. The van der Waals surface area contributed by atoms with Crippen molar-refractivity contribution < 1.29 is 38.7 Å². The normalized spacial score (nSPS) is 18.3. The van der Waals surface area contributed by atoms with Gasteiger partial charge in [0.05, 0.1) is 19.8 Å². The van der Waals surface area contributed by atoms with Gasteiger partial charge in [0.1, 0.15) is 11.5 Å². The number of methoxy groups -OCH3 is 2. The van der Waals surface area contributed by atoms with E-state index in [1.165, 1.54) is 5.57 Å². The van der Waals surface area contributed by atoms with Gasteiger partial charge in [-0.05, 0) is 54.0 Å². The van der Waals surface area contributed by atoms with Crippen molar-refractivity contribution in [2.24, 2.45) is 0 Å². The molecule has 2 aromatic rings. The number of carbonyl (C=O) groups is 2. The number of allylic oxidation sites excluding steroid dienone is 2. The molecule has 2 heterocycles. The van der Waals surface area contributed by atoms with Gasteiger partial charge in [0.25, 0.3) is 0 Å². The summed E-state index contributed by atoms with van der Waals surface area (Å²) < 4.78 is 22.2. The van der Waals surface area contributed by atoms with Crippen LogP contribution in [0.3, 0.4) is 0 Å². The SMILES string of the molecule is CC.CCCCC1=CSC(/C=C(\Cc2cc3c(cc2OC)OCO3)C(=O)O)C1c1ccc(OC)c2c1C=C(C(=O)O)C=CC2. The molecule has 0 spiro atoms. The second-order valence-electron chi connectivity index (χ2n) is 10.3. The van der Waals surface area contributed by atoms with Crippen LogP contribution in [0.2, 0.25) is 0 Å². The summed E-state index contributed by atoms with van der Waals surface area (Å²) in [6.45, 7) is 6.25. The van der Waals surface area contributed by atoms with Gasteiger partial charge in [-0.15, -0.1) is 11.8 Å². The third-order valence-corrected chi connectivity index (χ3v) is 8.95.